The highest BCUT2D eigenvalue weighted by atomic mass is 35.5. The Morgan fingerprint density at radius 3 is 2.90 bits per heavy atom. The molecule has 0 saturated carbocycles. The van der Waals surface area contributed by atoms with Gasteiger partial charge >= 0.3 is 11.7 Å². The lowest BCUT2D eigenvalue weighted by molar-refractivity contribution is -0.385. The summed E-state index contributed by atoms with van der Waals surface area (Å²) >= 11 is 0. The van der Waals surface area contributed by atoms with Crippen molar-refractivity contribution in [2.45, 2.75) is 12.6 Å². The molecule has 0 radical (unpaired) electrons. The van der Waals surface area contributed by atoms with Gasteiger partial charge in [-0.25, -0.2) is 9.78 Å². The largest absolute Gasteiger partial charge is 0.475 e. The van der Waals surface area contributed by atoms with Crippen LogP contribution in [0.4, 0.5) is 5.69 Å². The summed E-state index contributed by atoms with van der Waals surface area (Å²) in [6.07, 6.45) is 3.67. The molecule has 1 saturated heterocycles. The van der Waals surface area contributed by atoms with Crippen molar-refractivity contribution in [3.05, 3.63) is 52.1 Å². The molecule has 2 heterocycles. The number of carbonyl (C=O) groups is 1. The number of nitrogens with one attached hydrogen (secondary N) is 1. The molecule has 1 unspecified atom stereocenters. The van der Waals surface area contributed by atoms with Crippen LogP contribution in [0.5, 0.6) is 5.75 Å². The normalized spacial score (nSPS) is 16.7. The number of ether oxygens (including phenoxy) is 2. The maximum absolute atomic E-state index is 11.4. The van der Waals surface area contributed by atoms with Gasteiger partial charge in [0.15, 0.2) is 12.4 Å². The molecule has 2 aromatic rings. The molecule has 10 nitrogen and oxygen atoms in total. The Bertz CT molecular complexity index is 859. The maximum atomic E-state index is 11.4. The van der Waals surface area contributed by atoms with Crippen LogP contribution in [0, 0.1) is 10.1 Å². The van der Waals surface area contributed by atoms with Gasteiger partial charge in [0.05, 0.1) is 18.1 Å². The summed E-state index contributed by atoms with van der Waals surface area (Å²) in [5.74, 6) is 0.386. The molecule has 1 N–H and O–H groups in total. The molecule has 1 atom stereocenters. The maximum Gasteiger partial charge on any atom is 0.343 e. The van der Waals surface area contributed by atoms with E-state index in [2.05, 4.69) is 19.9 Å². The van der Waals surface area contributed by atoms with E-state index in [9.17, 15) is 14.9 Å². The van der Waals surface area contributed by atoms with E-state index in [0.29, 0.717) is 6.54 Å². The molecule has 1 aromatic heterocycles. The molecule has 0 bridgehead atoms. The van der Waals surface area contributed by atoms with E-state index in [4.69, 9.17) is 4.74 Å². The Morgan fingerprint density at radius 2 is 2.24 bits per heavy atom. The van der Waals surface area contributed by atoms with Gasteiger partial charge in [0.1, 0.15) is 5.82 Å². The molecule has 0 aliphatic carbocycles. The van der Waals surface area contributed by atoms with Crippen LogP contribution in [0.15, 0.2) is 30.6 Å². The number of esters is 1. The molecule has 1 aromatic carbocycles. The minimum Gasteiger partial charge on any atom is -0.475 e. The third kappa shape index (κ3) is 5.43. The fraction of sp³-hybridized carbons (Fsp3) is 0.444. The zero-order valence-corrected chi connectivity index (χ0v) is 17.1. The number of carbonyl (C=O) groups excluding carboxylic acids is 1. The summed E-state index contributed by atoms with van der Waals surface area (Å²) in [6, 6.07) is 4.86. The summed E-state index contributed by atoms with van der Waals surface area (Å²) in [6.45, 7) is 2.55. The molecule has 29 heavy (non-hydrogen) atoms. The fourth-order valence-corrected chi connectivity index (χ4v) is 3.24. The number of halogens is 1. The van der Waals surface area contributed by atoms with Crippen LogP contribution < -0.4 is 10.1 Å². The molecule has 1 fully saturated rings. The second kappa shape index (κ2) is 10.2. The number of aromatic nitrogens is 2. The number of piperazine rings is 1. The van der Waals surface area contributed by atoms with E-state index in [1.807, 2.05) is 17.8 Å². The highest BCUT2D eigenvalue weighted by molar-refractivity contribution is 5.85. The first-order chi connectivity index (χ1) is 13.5. The molecular formula is C18H24ClN5O5. The van der Waals surface area contributed by atoms with Crippen molar-refractivity contribution in [3.8, 4) is 5.75 Å². The van der Waals surface area contributed by atoms with Crippen molar-refractivity contribution in [2.75, 3.05) is 33.4 Å². The lowest BCUT2D eigenvalue weighted by atomic mass is 10.1. The van der Waals surface area contributed by atoms with Crippen molar-refractivity contribution >= 4 is 24.1 Å². The van der Waals surface area contributed by atoms with Crippen LogP contribution in [0.25, 0.3) is 0 Å². The zero-order chi connectivity index (χ0) is 20.1. The third-order valence-electron chi connectivity index (χ3n) is 4.69. The van der Waals surface area contributed by atoms with Gasteiger partial charge in [-0.15, -0.1) is 12.4 Å². The van der Waals surface area contributed by atoms with E-state index in [1.54, 1.807) is 12.3 Å². The number of methoxy groups -OCH3 is 1. The third-order valence-corrected chi connectivity index (χ3v) is 4.69. The Kier molecular flexibility index (Phi) is 7.94. The predicted molar refractivity (Wildman–Crippen MR) is 107 cm³/mol. The van der Waals surface area contributed by atoms with Crippen molar-refractivity contribution in [3.63, 3.8) is 0 Å². The minimum absolute atomic E-state index is 0. The van der Waals surface area contributed by atoms with E-state index >= 15 is 0 Å². The smallest absolute Gasteiger partial charge is 0.343 e. The molecule has 3 rings (SSSR count). The number of benzene rings is 1. The Balaban J connectivity index is 0.00000300. The van der Waals surface area contributed by atoms with Crippen LogP contribution in [0.1, 0.15) is 17.4 Å². The highest BCUT2D eigenvalue weighted by Gasteiger charge is 2.27. The summed E-state index contributed by atoms with van der Waals surface area (Å²) < 4.78 is 11.7. The van der Waals surface area contributed by atoms with Gasteiger partial charge in [0, 0.05) is 51.7 Å². The van der Waals surface area contributed by atoms with Gasteiger partial charge in [-0.2, -0.15) is 0 Å². The van der Waals surface area contributed by atoms with Crippen LogP contribution in [0.2, 0.25) is 0 Å². The number of nitro groups is 1. The molecule has 1 aliphatic rings. The Morgan fingerprint density at radius 1 is 1.45 bits per heavy atom. The lowest BCUT2D eigenvalue weighted by Crippen LogP contribution is -2.46. The highest BCUT2D eigenvalue weighted by Crippen LogP contribution is 2.30. The van der Waals surface area contributed by atoms with Crippen molar-refractivity contribution in [1.82, 2.24) is 19.8 Å². The first kappa shape index (κ1) is 22.6. The van der Waals surface area contributed by atoms with Gasteiger partial charge in [-0.1, -0.05) is 6.07 Å². The average Bonchev–Trinajstić information content (AvgIpc) is 3.12. The summed E-state index contributed by atoms with van der Waals surface area (Å²) in [4.78, 5) is 28.9. The monoisotopic (exact) mass is 425 g/mol. The number of hydrogen-bond acceptors (Lipinski definition) is 8. The Labute approximate surface area is 174 Å². The first-order valence-corrected chi connectivity index (χ1v) is 8.88. The average molecular weight is 426 g/mol. The molecule has 158 valence electrons. The second-order valence-corrected chi connectivity index (χ2v) is 6.51. The molecule has 11 heteroatoms. The van der Waals surface area contributed by atoms with E-state index < -0.39 is 10.9 Å². The van der Waals surface area contributed by atoms with Crippen LogP contribution in [-0.2, 0) is 23.1 Å². The number of aryl methyl sites for hydroxylation is 1. The van der Waals surface area contributed by atoms with Gasteiger partial charge in [0.2, 0.25) is 0 Å². The lowest BCUT2D eigenvalue weighted by Gasteiger charge is -2.35. The van der Waals surface area contributed by atoms with Crippen LogP contribution in [0.3, 0.4) is 0 Å². The van der Waals surface area contributed by atoms with E-state index in [1.165, 1.54) is 19.2 Å². The fourth-order valence-electron chi connectivity index (χ4n) is 3.24. The van der Waals surface area contributed by atoms with Gasteiger partial charge in [-0.05, 0) is 11.6 Å². The van der Waals surface area contributed by atoms with Gasteiger partial charge < -0.3 is 19.4 Å². The molecular weight excluding hydrogens is 402 g/mol. The standard InChI is InChI=1S/C18H23N5O5.ClH/c1-21-7-6-20-18(21)15-10-19-5-8-22(15)11-13-3-4-16(14(9-13)23(25)26)28-12-17(24)27-2;/h3-4,6-7,9,15,19H,5,8,10-12H2,1-2H3;1H. The molecule has 1 aliphatic heterocycles. The second-order valence-electron chi connectivity index (χ2n) is 6.51. The number of hydrogen-bond donors (Lipinski definition) is 1. The minimum atomic E-state index is -0.600. The Hall–Kier alpha value is -2.69. The van der Waals surface area contributed by atoms with E-state index in [0.717, 1.165) is 31.0 Å². The SMILES string of the molecule is COC(=O)COc1ccc(CN2CCNCC2c2nccn2C)cc1[N+](=O)[O-].Cl. The number of imidazole rings is 1. The van der Waals surface area contributed by atoms with Gasteiger partial charge in [-0.3, -0.25) is 15.0 Å². The van der Waals surface area contributed by atoms with Crippen molar-refractivity contribution in [2.24, 2.45) is 7.05 Å². The number of rotatable bonds is 7. The summed E-state index contributed by atoms with van der Waals surface area (Å²) in [7, 11) is 3.18. The molecule has 0 amide bonds. The zero-order valence-electron chi connectivity index (χ0n) is 16.2. The van der Waals surface area contributed by atoms with Crippen molar-refractivity contribution < 1.29 is 19.2 Å². The predicted octanol–water partition coefficient (Wildman–Crippen LogP) is 1.45. The van der Waals surface area contributed by atoms with Crippen LogP contribution in [-0.4, -0.2) is 58.7 Å². The first-order valence-electron chi connectivity index (χ1n) is 8.88. The van der Waals surface area contributed by atoms with E-state index in [-0.39, 0.29) is 36.5 Å². The van der Waals surface area contributed by atoms with Crippen molar-refractivity contribution in [1.29, 1.82) is 0 Å². The number of nitrogens with zero attached hydrogens (tertiary/aromatic N) is 4. The summed E-state index contributed by atoms with van der Waals surface area (Å²) in [5.41, 5.74) is 0.614. The molecule has 0 spiro atoms. The van der Waals surface area contributed by atoms with Crippen LogP contribution >= 0.6 is 12.4 Å². The quantitative estimate of drug-likeness (QED) is 0.403. The summed E-state index contributed by atoms with van der Waals surface area (Å²) in [5, 5.41) is 14.8. The topological polar surface area (TPSA) is 112 Å². The van der Waals surface area contributed by atoms with Gasteiger partial charge in [0.25, 0.3) is 0 Å². The number of nitro benzene ring substituents is 1.